The van der Waals surface area contributed by atoms with Gasteiger partial charge < -0.3 is 19.9 Å². The van der Waals surface area contributed by atoms with Gasteiger partial charge in [-0.15, -0.1) is 11.8 Å². The van der Waals surface area contributed by atoms with Crippen LogP contribution in [0.15, 0.2) is 15.4 Å². The lowest BCUT2D eigenvalue weighted by Gasteiger charge is -2.17. The molecule has 0 aliphatic carbocycles. The monoisotopic (exact) mass is 391 g/mol. The summed E-state index contributed by atoms with van der Waals surface area (Å²) >= 11 is 5.27. The number of halogens is 1. The number of methoxy groups -OCH3 is 2. The highest BCUT2D eigenvalue weighted by Gasteiger charge is 2.18. The number of amides is 1. The molecule has 0 heterocycles. The van der Waals surface area contributed by atoms with Crippen LogP contribution >= 0.6 is 27.7 Å². The maximum Gasteiger partial charge on any atom is 0.404 e. The Labute approximate surface area is 143 Å². The molecule has 0 bridgehead atoms. The molecule has 0 aromatic heterocycles. The first kappa shape index (κ1) is 19.0. The summed E-state index contributed by atoms with van der Waals surface area (Å²) in [5.74, 6) is 2.49. The Morgan fingerprint density at radius 3 is 2.68 bits per heavy atom. The standard InChI is InChI=1S/C15H22BrNO4S/c1-4-5-8-22-14-11(20-2)9-10(6-7-17-15(18)19)12(16)13(14)21-3/h9,17H,4-8H2,1-3H3,(H,18,19). The van der Waals surface area contributed by atoms with Crippen LogP contribution in [0.25, 0.3) is 0 Å². The number of rotatable bonds is 9. The third kappa shape index (κ3) is 5.28. The van der Waals surface area contributed by atoms with E-state index in [0.29, 0.717) is 13.0 Å². The fraction of sp³-hybridized carbons (Fsp3) is 0.533. The van der Waals surface area contributed by atoms with Gasteiger partial charge in [0.1, 0.15) is 5.75 Å². The number of hydrogen-bond acceptors (Lipinski definition) is 4. The Bertz CT molecular complexity index is 511. The highest BCUT2D eigenvalue weighted by molar-refractivity contribution is 9.10. The Morgan fingerprint density at radius 1 is 1.41 bits per heavy atom. The predicted octanol–water partition coefficient (Wildman–Crippen LogP) is 4.17. The summed E-state index contributed by atoms with van der Waals surface area (Å²) < 4.78 is 11.9. The molecule has 0 aliphatic rings. The summed E-state index contributed by atoms with van der Waals surface area (Å²) in [4.78, 5) is 11.5. The second-order valence-corrected chi connectivity index (χ2v) is 6.50. The zero-order valence-corrected chi connectivity index (χ0v) is 15.5. The number of benzene rings is 1. The number of hydrogen-bond donors (Lipinski definition) is 2. The molecular formula is C15H22BrNO4S. The van der Waals surface area contributed by atoms with Gasteiger partial charge in [-0.2, -0.15) is 0 Å². The number of ether oxygens (including phenoxy) is 2. The molecule has 0 radical (unpaired) electrons. The van der Waals surface area contributed by atoms with E-state index in [4.69, 9.17) is 14.6 Å². The molecule has 0 saturated heterocycles. The van der Waals surface area contributed by atoms with E-state index in [9.17, 15) is 4.79 Å². The lowest BCUT2D eigenvalue weighted by Crippen LogP contribution is -2.23. The number of carboxylic acid groups (broad SMARTS) is 1. The van der Waals surface area contributed by atoms with Crippen molar-refractivity contribution in [3.63, 3.8) is 0 Å². The molecule has 22 heavy (non-hydrogen) atoms. The first-order valence-electron chi connectivity index (χ1n) is 7.08. The third-order valence-corrected chi connectivity index (χ3v) is 5.09. The molecule has 1 amide bonds. The molecule has 0 fully saturated rings. The van der Waals surface area contributed by atoms with Crippen molar-refractivity contribution in [2.45, 2.75) is 31.1 Å². The molecule has 1 aromatic rings. The van der Waals surface area contributed by atoms with Gasteiger partial charge >= 0.3 is 6.09 Å². The van der Waals surface area contributed by atoms with Gasteiger partial charge in [0.05, 0.1) is 23.6 Å². The Morgan fingerprint density at radius 2 is 2.14 bits per heavy atom. The van der Waals surface area contributed by atoms with E-state index in [1.165, 1.54) is 0 Å². The van der Waals surface area contributed by atoms with Crippen molar-refractivity contribution in [2.75, 3.05) is 26.5 Å². The van der Waals surface area contributed by atoms with Gasteiger partial charge in [-0.25, -0.2) is 4.79 Å². The van der Waals surface area contributed by atoms with Crippen LogP contribution < -0.4 is 14.8 Å². The third-order valence-electron chi connectivity index (χ3n) is 3.06. The first-order chi connectivity index (χ1) is 10.5. The lowest BCUT2D eigenvalue weighted by atomic mass is 10.1. The first-order valence-corrected chi connectivity index (χ1v) is 8.85. The summed E-state index contributed by atoms with van der Waals surface area (Å²) in [6.45, 7) is 2.49. The maximum absolute atomic E-state index is 10.5. The molecule has 5 nitrogen and oxygen atoms in total. The van der Waals surface area contributed by atoms with Gasteiger partial charge in [-0.1, -0.05) is 13.3 Å². The molecule has 0 atom stereocenters. The Balaban J connectivity index is 3.03. The van der Waals surface area contributed by atoms with E-state index >= 15 is 0 Å². The lowest BCUT2D eigenvalue weighted by molar-refractivity contribution is 0.194. The van der Waals surface area contributed by atoms with Gasteiger partial charge in [0.15, 0.2) is 5.75 Å². The van der Waals surface area contributed by atoms with Crippen LogP contribution in [0, 0.1) is 0 Å². The minimum absolute atomic E-state index is 0.336. The van der Waals surface area contributed by atoms with E-state index in [2.05, 4.69) is 28.2 Å². The predicted molar refractivity (Wildman–Crippen MR) is 92.6 cm³/mol. The number of unbranched alkanes of at least 4 members (excludes halogenated alkanes) is 1. The number of carbonyl (C=O) groups is 1. The van der Waals surface area contributed by atoms with Crippen molar-refractivity contribution in [3.8, 4) is 11.5 Å². The van der Waals surface area contributed by atoms with Gasteiger partial charge in [0, 0.05) is 6.54 Å². The van der Waals surface area contributed by atoms with Crippen LogP contribution in [-0.2, 0) is 6.42 Å². The zero-order chi connectivity index (χ0) is 16.5. The maximum atomic E-state index is 10.5. The molecule has 0 spiro atoms. The van der Waals surface area contributed by atoms with Crippen molar-refractivity contribution >= 4 is 33.8 Å². The van der Waals surface area contributed by atoms with E-state index < -0.39 is 6.09 Å². The topological polar surface area (TPSA) is 67.8 Å². The molecule has 1 aromatic carbocycles. The van der Waals surface area contributed by atoms with Crippen LogP contribution in [-0.4, -0.2) is 37.7 Å². The number of thioether (sulfide) groups is 1. The highest BCUT2D eigenvalue weighted by Crippen LogP contribution is 2.45. The van der Waals surface area contributed by atoms with E-state index in [-0.39, 0.29) is 0 Å². The second-order valence-electron chi connectivity index (χ2n) is 4.60. The molecule has 0 saturated carbocycles. The van der Waals surface area contributed by atoms with Crippen LogP contribution in [0.5, 0.6) is 11.5 Å². The van der Waals surface area contributed by atoms with Gasteiger partial charge in [-0.05, 0) is 46.2 Å². The zero-order valence-electron chi connectivity index (χ0n) is 13.1. The molecule has 0 aliphatic heterocycles. The molecular weight excluding hydrogens is 370 g/mol. The molecule has 1 rings (SSSR count). The molecule has 7 heteroatoms. The Kier molecular flexibility index (Phi) is 8.48. The minimum atomic E-state index is -1.03. The average molecular weight is 392 g/mol. The normalized spacial score (nSPS) is 10.4. The molecule has 0 unspecified atom stereocenters. The quantitative estimate of drug-likeness (QED) is 0.488. The molecule has 2 N–H and O–H groups in total. The van der Waals surface area contributed by atoms with Crippen molar-refractivity contribution < 1.29 is 19.4 Å². The smallest absolute Gasteiger partial charge is 0.404 e. The highest BCUT2D eigenvalue weighted by atomic mass is 79.9. The summed E-state index contributed by atoms with van der Waals surface area (Å²) in [5, 5.41) is 11.0. The van der Waals surface area contributed by atoms with Gasteiger partial charge in [-0.3, -0.25) is 0 Å². The number of nitrogens with one attached hydrogen (secondary N) is 1. The minimum Gasteiger partial charge on any atom is -0.495 e. The van der Waals surface area contributed by atoms with E-state index in [0.717, 1.165) is 45.0 Å². The van der Waals surface area contributed by atoms with Crippen LogP contribution in [0.4, 0.5) is 4.79 Å². The van der Waals surface area contributed by atoms with Crippen molar-refractivity contribution in [1.29, 1.82) is 0 Å². The summed E-state index contributed by atoms with van der Waals surface area (Å²) in [6.07, 6.45) is 1.79. The van der Waals surface area contributed by atoms with E-state index in [1.807, 2.05) is 6.07 Å². The van der Waals surface area contributed by atoms with Crippen molar-refractivity contribution in [1.82, 2.24) is 5.32 Å². The largest absolute Gasteiger partial charge is 0.495 e. The summed E-state index contributed by atoms with van der Waals surface area (Å²) in [6, 6.07) is 1.93. The van der Waals surface area contributed by atoms with Crippen LogP contribution in [0.2, 0.25) is 0 Å². The van der Waals surface area contributed by atoms with Crippen LogP contribution in [0.1, 0.15) is 25.3 Å². The molecule has 124 valence electrons. The summed E-state index contributed by atoms with van der Waals surface area (Å²) in [5.41, 5.74) is 0.947. The van der Waals surface area contributed by atoms with Gasteiger partial charge in [0.2, 0.25) is 0 Å². The van der Waals surface area contributed by atoms with Gasteiger partial charge in [0.25, 0.3) is 0 Å². The van der Waals surface area contributed by atoms with Crippen LogP contribution in [0.3, 0.4) is 0 Å². The van der Waals surface area contributed by atoms with Crippen molar-refractivity contribution in [2.24, 2.45) is 0 Å². The fourth-order valence-corrected chi connectivity index (χ4v) is 3.96. The van der Waals surface area contributed by atoms with E-state index in [1.54, 1.807) is 26.0 Å². The van der Waals surface area contributed by atoms with Crippen molar-refractivity contribution in [3.05, 3.63) is 16.1 Å². The SMILES string of the molecule is CCCCSc1c(OC)cc(CCNC(=O)O)c(Br)c1OC. The second kappa shape index (κ2) is 9.84. The fourth-order valence-electron chi connectivity index (χ4n) is 1.92. The summed E-state index contributed by atoms with van der Waals surface area (Å²) in [7, 11) is 3.26. The Hall–Kier alpha value is -1.08. The average Bonchev–Trinajstić information content (AvgIpc) is 2.49.